The Hall–Kier alpha value is -1.63. The van der Waals surface area contributed by atoms with Gasteiger partial charge in [0.25, 0.3) is 5.97 Å². The Morgan fingerprint density at radius 2 is 1.56 bits per heavy atom. The van der Waals surface area contributed by atoms with E-state index in [0.29, 0.717) is 12.8 Å². The molecule has 1 aliphatic heterocycles. The molecule has 0 aromatic rings. The van der Waals surface area contributed by atoms with E-state index < -0.39 is 29.9 Å². The first kappa shape index (κ1) is 14.4. The molecule has 1 rings (SSSR count). The molecule has 1 saturated heterocycles. The zero-order chi connectivity index (χ0) is 12.7. The van der Waals surface area contributed by atoms with Gasteiger partial charge in [0, 0.05) is 13.5 Å². The van der Waals surface area contributed by atoms with Gasteiger partial charge in [-0.3, -0.25) is 14.4 Å². The molecule has 4 N–H and O–H groups in total. The Morgan fingerprint density at radius 3 is 1.81 bits per heavy atom. The quantitative estimate of drug-likeness (QED) is 0.512. The number of aliphatic carboxylic acids is 3. The molecule has 0 spiro atoms. The Bertz CT molecular complexity index is 243. The summed E-state index contributed by atoms with van der Waals surface area (Å²) < 4.78 is 0. The highest BCUT2D eigenvalue weighted by molar-refractivity contribution is 5.75. The van der Waals surface area contributed by atoms with E-state index in [1.165, 1.54) is 0 Å². The summed E-state index contributed by atoms with van der Waals surface area (Å²) in [5.41, 5.74) is 0. The van der Waals surface area contributed by atoms with Gasteiger partial charge in [-0.25, -0.2) is 0 Å². The SMILES string of the molecule is CC(=O)O.O=C(O)C1CCC(C(=O)O)NC1. The first-order valence-corrected chi connectivity index (χ1v) is 4.73. The average Bonchev–Trinajstić information content (AvgIpc) is 2.17. The van der Waals surface area contributed by atoms with E-state index >= 15 is 0 Å². The summed E-state index contributed by atoms with van der Waals surface area (Å²) in [6, 6.07) is -0.569. The van der Waals surface area contributed by atoms with Crippen LogP contribution >= 0.6 is 0 Å². The van der Waals surface area contributed by atoms with Crippen LogP contribution in [0.1, 0.15) is 19.8 Å². The van der Waals surface area contributed by atoms with E-state index in [0.717, 1.165) is 6.92 Å². The lowest BCUT2D eigenvalue weighted by atomic mass is 9.95. The van der Waals surface area contributed by atoms with Crippen molar-refractivity contribution >= 4 is 17.9 Å². The van der Waals surface area contributed by atoms with Gasteiger partial charge in [0.2, 0.25) is 0 Å². The van der Waals surface area contributed by atoms with Gasteiger partial charge in [0.05, 0.1) is 5.92 Å². The van der Waals surface area contributed by atoms with E-state index in [1.807, 2.05) is 0 Å². The highest BCUT2D eigenvalue weighted by Gasteiger charge is 2.28. The molecule has 92 valence electrons. The summed E-state index contributed by atoms with van der Waals surface area (Å²) in [5.74, 6) is -3.02. The highest BCUT2D eigenvalue weighted by Crippen LogP contribution is 2.14. The standard InChI is InChI=1S/C7H11NO4.C2H4O2/c9-6(10)4-1-2-5(7(11)12)8-3-4;1-2(3)4/h4-5,8H,1-3H2,(H,9,10)(H,11,12);1H3,(H,3,4). The Labute approximate surface area is 92.1 Å². The van der Waals surface area contributed by atoms with Crippen molar-refractivity contribution in [3.8, 4) is 0 Å². The fourth-order valence-electron chi connectivity index (χ4n) is 1.28. The number of hydrogen-bond donors (Lipinski definition) is 4. The third kappa shape index (κ3) is 5.97. The van der Waals surface area contributed by atoms with Crippen LogP contribution in [0.3, 0.4) is 0 Å². The van der Waals surface area contributed by atoms with Crippen LogP contribution in [0.25, 0.3) is 0 Å². The van der Waals surface area contributed by atoms with Crippen LogP contribution < -0.4 is 5.32 Å². The van der Waals surface area contributed by atoms with Crippen molar-refractivity contribution in [3.05, 3.63) is 0 Å². The minimum absolute atomic E-state index is 0.256. The predicted octanol–water partition coefficient (Wildman–Crippen LogP) is -0.385. The molecule has 0 bridgehead atoms. The van der Waals surface area contributed by atoms with Gasteiger partial charge in [0.15, 0.2) is 0 Å². The second kappa shape index (κ2) is 6.78. The lowest BCUT2D eigenvalue weighted by Crippen LogP contribution is -2.45. The first-order chi connectivity index (χ1) is 7.34. The second-order valence-corrected chi connectivity index (χ2v) is 3.43. The monoisotopic (exact) mass is 233 g/mol. The second-order valence-electron chi connectivity index (χ2n) is 3.43. The summed E-state index contributed by atoms with van der Waals surface area (Å²) in [6.45, 7) is 1.34. The highest BCUT2D eigenvalue weighted by atomic mass is 16.4. The minimum Gasteiger partial charge on any atom is -0.481 e. The van der Waals surface area contributed by atoms with E-state index in [1.54, 1.807) is 0 Å². The molecule has 0 aromatic heterocycles. The maximum absolute atomic E-state index is 10.4. The van der Waals surface area contributed by atoms with Crippen LogP contribution in [0.5, 0.6) is 0 Å². The van der Waals surface area contributed by atoms with Gasteiger partial charge in [0.1, 0.15) is 6.04 Å². The largest absolute Gasteiger partial charge is 0.481 e. The molecule has 0 radical (unpaired) electrons. The van der Waals surface area contributed by atoms with E-state index in [-0.39, 0.29) is 6.54 Å². The molecular formula is C9H15NO6. The third-order valence-electron chi connectivity index (χ3n) is 2.06. The molecule has 1 aliphatic rings. The Kier molecular flexibility index (Phi) is 6.09. The molecule has 1 heterocycles. The predicted molar refractivity (Wildman–Crippen MR) is 53.1 cm³/mol. The van der Waals surface area contributed by atoms with Gasteiger partial charge in [-0.2, -0.15) is 0 Å². The molecule has 2 atom stereocenters. The van der Waals surface area contributed by atoms with Crippen molar-refractivity contribution in [1.29, 1.82) is 0 Å². The number of nitrogens with one attached hydrogen (secondary N) is 1. The number of carboxylic acid groups (broad SMARTS) is 3. The molecule has 7 heteroatoms. The molecule has 0 aromatic carbocycles. The number of carboxylic acids is 3. The molecule has 0 amide bonds. The smallest absolute Gasteiger partial charge is 0.320 e. The molecule has 0 aliphatic carbocycles. The van der Waals surface area contributed by atoms with Crippen LogP contribution in [0, 0.1) is 5.92 Å². The molecule has 1 fully saturated rings. The Balaban J connectivity index is 0.000000487. The van der Waals surface area contributed by atoms with Crippen molar-refractivity contribution in [2.45, 2.75) is 25.8 Å². The molecular weight excluding hydrogens is 218 g/mol. The first-order valence-electron chi connectivity index (χ1n) is 4.73. The summed E-state index contributed by atoms with van der Waals surface area (Å²) in [7, 11) is 0. The van der Waals surface area contributed by atoms with Gasteiger partial charge >= 0.3 is 11.9 Å². The van der Waals surface area contributed by atoms with Crippen molar-refractivity contribution in [2.24, 2.45) is 5.92 Å². The molecule has 2 unspecified atom stereocenters. The van der Waals surface area contributed by atoms with Crippen LogP contribution in [0.15, 0.2) is 0 Å². The minimum atomic E-state index is -0.904. The number of hydrogen-bond acceptors (Lipinski definition) is 4. The lowest BCUT2D eigenvalue weighted by Gasteiger charge is -2.24. The maximum Gasteiger partial charge on any atom is 0.320 e. The number of carbonyl (C=O) groups is 3. The summed E-state index contributed by atoms with van der Waals surface area (Å²) in [6.07, 6.45) is 0.839. The maximum atomic E-state index is 10.4. The molecule has 7 nitrogen and oxygen atoms in total. The number of piperidine rings is 1. The normalized spacial score (nSPS) is 23.8. The fraction of sp³-hybridized carbons (Fsp3) is 0.667. The number of rotatable bonds is 2. The van der Waals surface area contributed by atoms with Crippen molar-refractivity contribution in [1.82, 2.24) is 5.32 Å². The molecule has 0 saturated carbocycles. The van der Waals surface area contributed by atoms with Gasteiger partial charge in [-0.15, -0.1) is 0 Å². The van der Waals surface area contributed by atoms with Gasteiger partial charge < -0.3 is 20.6 Å². The van der Waals surface area contributed by atoms with E-state index in [4.69, 9.17) is 20.1 Å². The van der Waals surface area contributed by atoms with E-state index in [2.05, 4.69) is 5.32 Å². The summed E-state index contributed by atoms with van der Waals surface area (Å²) in [5, 5.41) is 27.2. The van der Waals surface area contributed by atoms with Crippen LogP contribution in [-0.2, 0) is 14.4 Å². The lowest BCUT2D eigenvalue weighted by molar-refractivity contribution is -0.146. The summed E-state index contributed by atoms with van der Waals surface area (Å²) in [4.78, 5) is 29.9. The third-order valence-corrected chi connectivity index (χ3v) is 2.06. The van der Waals surface area contributed by atoms with Gasteiger partial charge in [-0.05, 0) is 12.8 Å². The van der Waals surface area contributed by atoms with E-state index in [9.17, 15) is 9.59 Å². The van der Waals surface area contributed by atoms with Gasteiger partial charge in [-0.1, -0.05) is 0 Å². The average molecular weight is 233 g/mol. The zero-order valence-electron chi connectivity index (χ0n) is 8.84. The zero-order valence-corrected chi connectivity index (χ0v) is 8.84. The van der Waals surface area contributed by atoms with Crippen LogP contribution in [-0.4, -0.2) is 45.8 Å². The summed E-state index contributed by atoms with van der Waals surface area (Å²) >= 11 is 0. The van der Waals surface area contributed by atoms with Crippen molar-refractivity contribution in [3.63, 3.8) is 0 Å². The van der Waals surface area contributed by atoms with Crippen LogP contribution in [0.4, 0.5) is 0 Å². The Morgan fingerprint density at radius 1 is 1.06 bits per heavy atom. The van der Waals surface area contributed by atoms with Crippen LogP contribution in [0.2, 0.25) is 0 Å². The topological polar surface area (TPSA) is 124 Å². The molecule has 16 heavy (non-hydrogen) atoms. The van der Waals surface area contributed by atoms with Crippen molar-refractivity contribution < 1.29 is 29.7 Å². The fourth-order valence-corrected chi connectivity index (χ4v) is 1.28. The van der Waals surface area contributed by atoms with Crippen molar-refractivity contribution in [2.75, 3.05) is 6.54 Å².